The van der Waals surface area contributed by atoms with Gasteiger partial charge in [0.05, 0.1) is 5.71 Å². The van der Waals surface area contributed by atoms with Crippen molar-refractivity contribution in [3.05, 3.63) is 29.3 Å². The highest BCUT2D eigenvalue weighted by Gasteiger charge is 2.62. The number of hydrogen-bond acceptors (Lipinski definition) is 5. The zero-order valence-electron chi connectivity index (χ0n) is 16.5. The molecular formula is C22H27NO4. The molecule has 3 aliphatic rings. The number of rotatable bonds is 4. The highest BCUT2D eigenvalue weighted by molar-refractivity contribution is 6.11. The van der Waals surface area contributed by atoms with Crippen molar-refractivity contribution in [2.24, 2.45) is 21.9 Å². The van der Waals surface area contributed by atoms with E-state index >= 15 is 0 Å². The van der Waals surface area contributed by atoms with Crippen molar-refractivity contribution in [3.8, 4) is 11.5 Å². The van der Waals surface area contributed by atoms with E-state index in [1.165, 1.54) is 5.57 Å². The molecule has 27 heavy (non-hydrogen) atoms. The summed E-state index contributed by atoms with van der Waals surface area (Å²) < 4.78 is 10.9. The fourth-order valence-electron chi connectivity index (χ4n) is 4.80. The molecule has 0 aromatic heterocycles. The van der Waals surface area contributed by atoms with Gasteiger partial charge in [0.25, 0.3) is 0 Å². The van der Waals surface area contributed by atoms with Crippen molar-refractivity contribution in [3.63, 3.8) is 0 Å². The molecule has 1 heterocycles. The van der Waals surface area contributed by atoms with Gasteiger partial charge in [-0.25, -0.2) is 4.79 Å². The maximum atomic E-state index is 11.9. The van der Waals surface area contributed by atoms with Crippen LogP contribution in [0.4, 0.5) is 0 Å². The quantitative estimate of drug-likeness (QED) is 0.556. The predicted molar refractivity (Wildman–Crippen MR) is 104 cm³/mol. The number of carbonyl (C=O) groups is 1. The minimum Gasteiger partial charge on any atom is -0.454 e. The van der Waals surface area contributed by atoms with Crippen molar-refractivity contribution in [1.29, 1.82) is 0 Å². The van der Waals surface area contributed by atoms with Gasteiger partial charge in [0, 0.05) is 11.8 Å². The molecule has 2 saturated carbocycles. The zero-order valence-corrected chi connectivity index (χ0v) is 16.5. The van der Waals surface area contributed by atoms with Gasteiger partial charge in [-0.15, -0.1) is 0 Å². The second-order valence-corrected chi connectivity index (χ2v) is 8.51. The Labute approximate surface area is 160 Å². The van der Waals surface area contributed by atoms with Crippen LogP contribution in [-0.2, 0) is 9.63 Å². The minimum atomic E-state index is -0.267. The second-order valence-electron chi connectivity index (χ2n) is 8.51. The fraction of sp³-hybridized carbons (Fsp3) is 0.545. The van der Waals surface area contributed by atoms with E-state index in [1.807, 2.05) is 25.1 Å². The molecule has 0 N–H and O–H groups in total. The highest BCUT2D eigenvalue weighted by Crippen LogP contribution is 2.66. The highest BCUT2D eigenvalue weighted by atomic mass is 16.7. The first-order chi connectivity index (χ1) is 12.9. The molecule has 0 spiro atoms. The molecule has 2 fully saturated rings. The van der Waals surface area contributed by atoms with E-state index in [-0.39, 0.29) is 23.6 Å². The monoisotopic (exact) mass is 369 g/mol. The number of oxime groups is 1. The summed E-state index contributed by atoms with van der Waals surface area (Å²) in [5.41, 5.74) is 3.13. The van der Waals surface area contributed by atoms with Gasteiger partial charge in [0.2, 0.25) is 6.79 Å². The summed E-state index contributed by atoms with van der Waals surface area (Å²) in [4.78, 5) is 17.2. The molecule has 0 unspecified atom stereocenters. The lowest BCUT2D eigenvalue weighted by Gasteiger charge is -2.33. The van der Waals surface area contributed by atoms with E-state index < -0.39 is 0 Å². The second kappa shape index (κ2) is 6.39. The number of nitrogens with zero attached hydrogens (tertiary/aromatic N) is 1. The van der Waals surface area contributed by atoms with E-state index in [1.54, 1.807) is 0 Å². The Morgan fingerprint density at radius 1 is 1.30 bits per heavy atom. The van der Waals surface area contributed by atoms with E-state index in [0.29, 0.717) is 12.3 Å². The number of carbonyl (C=O) groups excluding carboxylic acids is 1. The topological polar surface area (TPSA) is 57.1 Å². The largest absolute Gasteiger partial charge is 0.454 e. The van der Waals surface area contributed by atoms with Gasteiger partial charge in [-0.1, -0.05) is 38.9 Å². The Bertz CT molecular complexity index is 839. The molecule has 144 valence electrons. The average Bonchev–Trinajstić information content (AvgIpc) is 3.21. The molecule has 5 heteroatoms. The van der Waals surface area contributed by atoms with Gasteiger partial charge in [0.15, 0.2) is 11.5 Å². The van der Waals surface area contributed by atoms with Crippen LogP contribution in [0.1, 0.15) is 58.9 Å². The molecule has 5 nitrogen and oxygen atoms in total. The lowest BCUT2D eigenvalue weighted by molar-refractivity contribution is -0.143. The molecule has 2 aliphatic carbocycles. The van der Waals surface area contributed by atoms with Crippen molar-refractivity contribution < 1.29 is 19.1 Å². The summed E-state index contributed by atoms with van der Waals surface area (Å²) in [7, 11) is 0. The first-order valence-electron chi connectivity index (χ1n) is 9.77. The van der Waals surface area contributed by atoms with Crippen molar-refractivity contribution in [1.82, 2.24) is 0 Å². The molecule has 2 atom stereocenters. The molecule has 2 bridgehead atoms. The number of allylic oxidation sites excluding steroid dienone is 1. The molecule has 1 aliphatic heterocycles. The maximum absolute atomic E-state index is 11.9. The van der Waals surface area contributed by atoms with Crippen molar-refractivity contribution in [2.45, 2.75) is 53.4 Å². The third-order valence-corrected chi connectivity index (χ3v) is 6.81. The first-order valence-corrected chi connectivity index (χ1v) is 9.77. The zero-order chi connectivity index (χ0) is 19.2. The smallest absolute Gasteiger partial charge is 0.335 e. The Balaban J connectivity index is 1.73. The number of hydrogen-bond donors (Lipinski definition) is 0. The fourth-order valence-corrected chi connectivity index (χ4v) is 4.80. The van der Waals surface area contributed by atoms with Crippen LogP contribution >= 0.6 is 0 Å². The van der Waals surface area contributed by atoms with E-state index in [9.17, 15) is 4.79 Å². The first kappa shape index (κ1) is 18.1. The van der Waals surface area contributed by atoms with Crippen LogP contribution in [0, 0.1) is 16.7 Å². The maximum Gasteiger partial charge on any atom is 0.335 e. The van der Waals surface area contributed by atoms with E-state index in [2.05, 4.69) is 32.0 Å². The Morgan fingerprint density at radius 3 is 2.85 bits per heavy atom. The Morgan fingerprint density at radius 2 is 2.07 bits per heavy atom. The molecule has 1 aromatic rings. The third kappa shape index (κ3) is 2.75. The summed E-state index contributed by atoms with van der Waals surface area (Å²) in [6.07, 6.45) is 5.51. The minimum absolute atomic E-state index is 0.0746. The molecule has 1 aromatic carbocycles. The summed E-state index contributed by atoms with van der Waals surface area (Å²) in [6, 6.07) is 5.97. The van der Waals surface area contributed by atoms with Crippen molar-refractivity contribution in [2.75, 3.05) is 6.79 Å². The van der Waals surface area contributed by atoms with Crippen LogP contribution in [0.5, 0.6) is 11.5 Å². The standard InChI is InChI=1S/C22H27NO4/c1-5-6-19(24)27-23-20-15(16-9-10-22(20,4)21(16,2)3)11-14-7-8-17-18(12-14)26-13-25-17/h7-8,11-12,16H,5-6,9-10,13H2,1-4H3/b15-11+,23-20+/t16-,22+/m0/s1. The summed E-state index contributed by atoms with van der Waals surface area (Å²) in [5, 5.41) is 4.38. The van der Waals surface area contributed by atoms with E-state index in [4.69, 9.17) is 14.3 Å². The SMILES string of the molecule is CCCC(=O)O/N=C1\C(=C\c2ccc3c(c2)OCO3)[C@@H]2CC[C@@]1(C)C2(C)C. The molecule has 4 rings (SSSR count). The van der Waals surface area contributed by atoms with Gasteiger partial charge in [-0.3, -0.25) is 0 Å². The average molecular weight is 369 g/mol. The Kier molecular flexibility index (Phi) is 4.28. The van der Waals surface area contributed by atoms with Crippen LogP contribution < -0.4 is 9.47 Å². The van der Waals surface area contributed by atoms with Gasteiger partial charge < -0.3 is 14.3 Å². The lowest BCUT2D eigenvalue weighted by atomic mass is 9.70. The van der Waals surface area contributed by atoms with Crippen LogP contribution in [0.25, 0.3) is 6.08 Å². The summed E-state index contributed by atoms with van der Waals surface area (Å²) in [6.45, 7) is 9.08. The molecule has 0 radical (unpaired) electrons. The lowest BCUT2D eigenvalue weighted by Crippen LogP contribution is -2.33. The number of ether oxygens (including phenoxy) is 2. The van der Waals surface area contributed by atoms with Crippen LogP contribution in [0.2, 0.25) is 0 Å². The van der Waals surface area contributed by atoms with Gasteiger partial charge in [0.1, 0.15) is 0 Å². The molecule has 0 saturated heterocycles. The van der Waals surface area contributed by atoms with Crippen LogP contribution in [-0.4, -0.2) is 18.5 Å². The third-order valence-electron chi connectivity index (χ3n) is 6.81. The van der Waals surface area contributed by atoms with E-state index in [0.717, 1.165) is 42.0 Å². The van der Waals surface area contributed by atoms with Crippen LogP contribution in [0.3, 0.4) is 0 Å². The van der Waals surface area contributed by atoms with Gasteiger partial charge >= 0.3 is 5.97 Å². The summed E-state index contributed by atoms with van der Waals surface area (Å²) in [5.74, 6) is 1.68. The van der Waals surface area contributed by atoms with Gasteiger partial charge in [-0.2, -0.15) is 0 Å². The normalized spacial score (nSPS) is 30.3. The number of benzene rings is 1. The van der Waals surface area contributed by atoms with Gasteiger partial charge in [-0.05, 0) is 59.9 Å². The summed E-state index contributed by atoms with van der Waals surface area (Å²) >= 11 is 0. The molecular weight excluding hydrogens is 342 g/mol. The number of fused-ring (bicyclic) bond motifs is 3. The van der Waals surface area contributed by atoms with Crippen molar-refractivity contribution >= 4 is 17.8 Å². The van der Waals surface area contributed by atoms with Crippen LogP contribution in [0.15, 0.2) is 28.9 Å². The molecule has 0 amide bonds. The Hall–Kier alpha value is -2.30. The predicted octanol–water partition coefficient (Wildman–Crippen LogP) is 4.95.